The van der Waals surface area contributed by atoms with Gasteiger partial charge in [0.1, 0.15) is 0 Å². The molecular weight excluding hydrogens is 162 g/mol. The van der Waals surface area contributed by atoms with E-state index in [9.17, 15) is 4.79 Å². The topological polar surface area (TPSA) is 43.1 Å². The van der Waals surface area contributed by atoms with Gasteiger partial charge in [0.05, 0.1) is 0 Å². The van der Waals surface area contributed by atoms with E-state index in [4.69, 9.17) is 5.73 Å². The minimum absolute atomic E-state index is 0.282. The fourth-order valence-electron chi connectivity index (χ4n) is 1.87. The lowest BCUT2D eigenvalue weighted by atomic mass is 9.86. The Morgan fingerprint density at radius 3 is 2.54 bits per heavy atom. The Morgan fingerprint density at radius 1 is 1.38 bits per heavy atom. The third kappa shape index (κ3) is 3.62. The molecule has 0 unspecified atom stereocenters. The minimum Gasteiger partial charge on any atom is -0.366 e. The van der Waals surface area contributed by atoms with Gasteiger partial charge in [0, 0.05) is 5.57 Å². The van der Waals surface area contributed by atoms with Gasteiger partial charge in [0.25, 0.3) is 0 Å². The van der Waals surface area contributed by atoms with Crippen molar-refractivity contribution >= 4 is 5.91 Å². The lowest BCUT2D eigenvalue weighted by Gasteiger charge is -2.19. The summed E-state index contributed by atoms with van der Waals surface area (Å²) in [5.41, 5.74) is 5.86. The van der Waals surface area contributed by atoms with Crippen LogP contribution in [-0.2, 0) is 4.79 Å². The fraction of sp³-hybridized carbons (Fsp3) is 0.727. The van der Waals surface area contributed by atoms with Crippen LogP contribution >= 0.6 is 0 Å². The van der Waals surface area contributed by atoms with Crippen LogP contribution in [0.15, 0.2) is 11.6 Å². The highest BCUT2D eigenvalue weighted by molar-refractivity contribution is 5.91. The molecule has 0 aliphatic heterocycles. The Hall–Kier alpha value is -0.790. The predicted molar refractivity (Wildman–Crippen MR) is 54.1 cm³/mol. The number of nitrogens with two attached hydrogens (primary N) is 1. The van der Waals surface area contributed by atoms with Gasteiger partial charge in [0.2, 0.25) is 5.91 Å². The van der Waals surface area contributed by atoms with Crippen LogP contribution in [0.5, 0.6) is 0 Å². The second kappa shape index (κ2) is 5.05. The van der Waals surface area contributed by atoms with Crippen molar-refractivity contribution in [1.82, 2.24) is 0 Å². The summed E-state index contributed by atoms with van der Waals surface area (Å²) in [7, 11) is 0. The van der Waals surface area contributed by atoms with E-state index in [1.54, 1.807) is 6.92 Å². The van der Waals surface area contributed by atoms with Gasteiger partial charge in [-0.05, 0) is 19.3 Å². The van der Waals surface area contributed by atoms with Crippen LogP contribution in [0.25, 0.3) is 0 Å². The van der Waals surface area contributed by atoms with Crippen LogP contribution in [0, 0.1) is 5.92 Å². The molecule has 0 saturated heterocycles. The van der Waals surface area contributed by atoms with Crippen molar-refractivity contribution in [3.63, 3.8) is 0 Å². The molecule has 0 aromatic carbocycles. The molecule has 2 N–H and O–H groups in total. The second-order valence-electron chi connectivity index (χ2n) is 3.99. The molecule has 0 bridgehead atoms. The van der Waals surface area contributed by atoms with Gasteiger partial charge in [-0.1, -0.05) is 38.2 Å². The van der Waals surface area contributed by atoms with Crippen LogP contribution in [0.4, 0.5) is 0 Å². The second-order valence-corrected chi connectivity index (χ2v) is 3.99. The first-order chi connectivity index (χ1) is 6.20. The monoisotopic (exact) mass is 181 g/mol. The van der Waals surface area contributed by atoms with E-state index in [1.165, 1.54) is 32.1 Å². The lowest BCUT2D eigenvalue weighted by Crippen LogP contribution is -2.12. The number of carbonyl (C=O) groups is 1. The zero-order valence-corrected chi connectivity index (χ0v) is 8.38. The van der Waals surface area contributed by atoms with Crippen molar-refractivity contribution in [3.8, 4) is 0 Å². The minimum atomic E-state index is -0.282. The Morgan fingerprint density at radius 2 is 2.00 bits per heavy atom. The van der Waals surface area contributed by atoms with E-state index in [1.807, 2.05) is 6.08 Å². The van der Waals surface area contributed by atoms with E-state index in [0.29, 0.717) is 5.57 Å². The normalized spacial score (nSPS) is 20.2. The molecule has 0 heterocycles. The third-order valence-electron chi connectivity index (χ3n) is 2.87. The zero-order chi connectivity index (χ0) is 9.68. The highest BCUT2D eigenvalue weighted by atomic mass is 16.1. The molecule has 0 aromatic rings. The van der Waals surface area contributed by atoms with E-state index in [0.717, 1.165) is 12.3 Å². The summed E-state index contributed by atoms with van der Waals surface area (Å²) in [6.45, 7) is 1.80. The van der Waals surface area contributed by atoms with Gasteiger partial charge < -0.3 is 5.73 Å². The third-order valence-corrected chi connectivity index (χ3v) is 2.87. The van der Waals surface area contributed by atoms with Gasteiger partial charge in [-0.3, -0.25) is 4.79 Å². The lowest BCUT2D eigenvalue weighted by molar-refractivity contribution is -0.114. The maximum absolute atomic E-state index is 10.7. The number of primary amides is 1. The average Bonchev–Trinajstić information content (AvgIpc) is 2.15. The Bertz CT molecular complexity index is 202. The molecule has 13 heavy (non-hydrogen) atoms. The summed E-state index contributed by atoms with van der Waals surface area (Å²) in [5.74, 6) is 0.513. The molecule has 2 nitrogen and oxygen atoms in total. The summed E-state index contributed by atoms with van der Waals surface area (Å²) in [6.07, 6.45) is 9.77. The number of hydrogen-bond acceptors (Lipinski definition) is 1. The number of amides is 1. The first-order valence-electron chi connectivity index (χ1n) is 5.16. The Labute approximate surface area is 80.2 Å². The Kier molecular flexibility index (Phi) is 4.00. The smallest absolute Gasteiger partial charge is 0.244 e. The van der Waals surface area contributed by atoms with Crippen molar-refractivity contribution in [2.75, 3.05) is 0 Å². The summed E-state index contributed by atoms with van der Waals surface area (Å²) < 4.78 is 0. The number of carbonyl (C=O) groups excluding carboxylic acids is 1. The molecule has 2 heteroatoms. The standard InChI is InChI=1S/C11H19NO/c1-9(11(12)13)7-8-10-5-3-2-4-6-10/h7,10H,2-6,8H2,1H3,(H2,12,13). The molecule has 74 valence electrons. The fourth-order valence-corrected chi connectivity index (χ4v) is 1.87. The number of rotatable bonds is 3. The highest BCUT2D eigenvalue weighted by Crippen LogP contribution is 2.26. The molecule has 1 rings (SSSR count). The average molecular weight is 181 g/mol. The zero-order valence-electron chi connectivity index (χ0n) is 8.38. The first-order valence-corrected chi connectivity index (χ1v) is 5.16. The van der Waals surface area contributed by atoms with E-state index < -0.39 is 0 Å². The molecule has 1 amide bonds. The first kappa shape index (κ1) is 10.3. The Balaban J connectivity index is 2.31. The molecule has 0 radical (unpaired) electrons. The highest BCUT2D eigenvalue weighted by Gasteiger charge is 2.11. The van der Waals surface area contributed by atoms with Crippen LogP contribution in [0.2, 0.25) is 0 Å². The summed E-state index contributed by atoms with van der Waals surface area (Å²) >= 11 is 0. The summed E-state index contributed by atoms with van der Waals surface area (Å²) in [6, 6.07) is 0. The van der Waals surface area contributed by atoms with Crippen molar-refractivity contribution in [3.05, 3.63) is 11.6 Å². The van der Waals surface area contributed by atoms with Crippen LogP contribution < -0.4 is 5.73 Å². The van der Waals surface area contributed by atoms with Gasteiger partial charge in [-0.25, -0.2) is 0 Å². The van der Waals surface area contributed by atoms with Crippen molar-refractivity contribution < 1.29 is 4.79 Å². The van der Waals surface area contributed by atoms with Crippen LogP contribution in [0.1, 0.15) is 45.4 Å². The van der Waals surface area contributed by atoms with E-state index in [2.05, 4.69) is 0 Å². The molecule has 1 aliphatic carbocycles. The number of allylic oxidation sites excluding steroid dienone is 1. The largest absolute Gasteiger partial charge is 0.366 e. The molecule has 1 aliphatic rings. The molecule has 0 spiro atoms. The van der Waals surface area contributed by atoms with Crippen molar-refractivity contribution in [2.45, 2.75) is 45.4 Å². The van der Waals surface area contributed by atoms with E-state index >= 15 is 0 Å². The van der Waals surface area contributed by atoms with Crippen molar-refractivity contribution in [1.29, 1.82) is 0 Å². The van der Waals surface area contributed by atoms with Crippen LogP contribution in [-0.4, -0.2) is 5.91 Å². The maximum Gasteiger partial charge on any atom is 0.244 e. The van der Waals surface area contributed by atoms with Crippen LogP contribution in [0.3, 0.4) is 0 Å². The molecule has 0 aromatic heterocycles. The predicted octanol–water partition coefficient (Wildman–Crippen LogP) is 2.39. The van der Waals surface area contributed by atoms with Gasteiger partial charge in [-0.15, -0.1) is 0 Å². The molecule has 0 atom stereocenters. The maximum atomic E-state index is 10.7. The van der Waals surface area contributed by atoms with E-state index in [-0.39, 0.29) is 5.91 Å². The summed E-state index contributed by atoms with van der Waals surface area (Å²) in [4.78, 5) is 10.7. The SMILES string of the molecule is CC(=CCC1CCCCC1)C(N)=O. The molecular formula is C11H19NO. The van der Waals surface area contributed by atoms with Gasteiger partial charge in [0.15, 0.2) is 0 Å². The van der Waals surface area contributed by atoms with Gasteiger partial charge >= 0.3 is 0 Å². The molecule has 1 saturated carbocycles. The van der Waals surface area contributed by atoms with Crippen molar-refractivity contribution in [2.24, 2.45) is 11.7 Å². The molecule has 1 fully saturated rings. The van der Waals surface area contributed by atoms with Gasteiger partial charge in [-0.2, -0.15) is 0 Å². The number of hydrogen-bond donors (Lipinski definition) is 1. The summed E-state index contributed by atoms with van der Waals surface area (Å²) in [5, 5.41) is 0. The quantitative estimate of drug-likeness (QED) is 0.667.